The van der Waals surface area contributed by atoms with E-state index in [1.54, 1.807) is 5.56 Å². The standard InChI is InChI=1S/C18H26N2/c1-2-8-17-16(7-1)15(10-11-19-17)13-20-12-4-6-14-5-3-9-18(14)20/h1-2,7-8,14-15,18-19H,3-6,9-13H2. The molecule has 0 amide bonds. The number of para-hydroxylation sites is 1. The molecule has 0 spiro atoms. The molecule has 2 aliphatic heterocycles. The molecule has 0 aromatic heterocycles. The fourth-order valence-electron chi connectivity index (χ4n) is 4.81. The summed E-state index contributed by atoms with van der Waals surface area (Å²) in [5, 5.41) is 3.56. The molecule has 2 fully saturated rings. The normalized spacial score (nSPS) is 33.3. The lowest BCUT2D eigenvalue weighted by molar-refractivity contribution is 0.104. The van der Waals surface area contributed by atoms with Crippen LogP contribution in [0.15, 0.2) is 24.3 Å². The fraction of sp³-hybridized carbons (Fsp3) is 0.667. The molecule has 1 aromatic carbocycles. The summed E-state index contributed by atoms with van der Waals surface area (Å²) in [6.45, 7) is 3.77. The van der Waals surface area contributed by atoms with Gasteiger partial charge in [-0.25, -0.2) is 0 Å². The van der Waals surface area contributed by atoms with Gasteiger partial charge in [-0.1, -0.05) is 24.6 Å². The Bertz CT molecular complexity index is 470. The molecule has 2 heteroatoms. The highest BCUT2D eigenvalue weighted by molar-refractivity contribution is 5.54. The number of benzene rings is 1. The Kier molecular flexibility index (Phi) is 3.43. The zero-order valence-corrected chi connectivity index (χ0v) is 12.4. The summed E-state index contributed by atoms with van der Waals surface area (Å²) in [5.74, 6) is 1.76. The number of nitrogens with one attached hydrogen (secondary N) is 1. The molecule has 1 aromatic rings. The van der Waals surface area contributed by atoms with Crippen molar-refractivity contribution in [1.29, 1.82) is 0 Å². The molecule has 1 N–H and O–H groups in total. The predicted octanol–water partition coefficient (Wildman–Crippen LogP) is 3.85. The summed E-state index contributed by atoms with van der Waals surface area (Å²) >= 11 is 0. The van der Waals surface area contributed by atoms with Crippen molar-refractivity contribution in [3.05, 3.63) is 29.8 Å². The maximum Gasteiger partial charge on any atom is 0.0376 e. The van der Waals surface area contributed by atoms with Gasteiger partial charge in [0, 0.05) is 30.7 Å². The van der Waals surface area contributed by atoms with Gasteiger partial charge in [-0.15, -0.1) is 0 Å². The molecule has 3 atom stereocenters. The smallest absolute Gasteiger partial charge is 0.0376 e. The molecule has 3 aliphatic rings. The molecule has 4 rings (SSSR count). The molecule has 0 radical (unpaired) electrons. The van der Waals surface area contributed by atoms with Crippen LogP contribution in [0.25, 0.3) is 0 Å². The molecule has 1 aliphatic carbocycles. The lowest BCUT2D eigenvalue weighted by atomic mass is 9.87. The lowest BCUT2D eigenvalue weighted by Gasteiger charge is -2.41. The lowest BCUT2D eigenvalue weighted by Crippen LogP contribution is -2.45. The first-order valence-electron chi connectivity index (χ1n) is 8.48. The third kappa shape index (κ3) is 2.24. The highest BCUT2D eigenvalue weighted by Gasteiger charge is 2.36. The fourth-order valence-corrected chi connectivity index (χ4v) is 4.81. The van der Waals surface area contributed by atoms with Crippen molar-refractivity contribution >= 4 is 5.69 Å². The van der Waals surface area contributed by atoms with E-state index in [0.29, 0.717) is 0 Å². The van der Waals surface area contributed by atoms with Crippen LogP contribution < -0.4 is 5.32 Å². The van der Waals surface area contributed by atoms with Crippen LogP contribution in [0.5, 0.6) is 0 Å². The van der Waals surface area contributed by atoms with Gasteiger partial charge in [-0.05, 0) is 56.2 Å². The third-order valence-corrected chi connectivity index (χ3v) is 5.77. The van der Waals surface area contributed by atoms with Crippen LogP contribution in [0, 0.1) is 5.92 Å². The number of likely N-dealkylation sites (tertiary alicyclic amines) is 1. The van der Waals surface area contributed by atoms with Gasteiger partial charge in [-0.2, -0.15) is 0 Å². The second-order valence-electron chi connectivity index (χ2n) is 6.90. The van der Waals surface area contributed by atoms with Crippen LogP contribution in [-0.4, -0.2) is 30.6 Å². The number of nitrogens with zero attached hydrogens (tertiary/aromatic N) is 1. The van der Waals surface area contributed by atoms with Gasteiger partial charge in [0.05, 0.1) is 0 Å². The molecule has 3 unspecified atom stereocenters. The zero-order chi connectivity index (χ0) is 13.4. The Balaban J connectivity index is 1.52. The molecule has 108 valence electrons. The quantitative estimate of drug-likeness (QED) is 0.878. The van der Waals surface area contributed by atoms with E-state index in [1.165, 1.54) is 57.3 Å². The number of hydrogen-bond donors (Lipinski definition) is 1. The van der Waals surface area contributed by atoms with Gasteiger partial charge in [-0.3, -0.25) is 4.90 Å². The van der Waals surface area contributed by atoms with Crippen molar-refractivity contribution in [3.8, 4) is 0 Å². The monoisotopic (exact) mass is 270 g/mol. The second-order valence-corrected chi connectivity index (χ2v) is 6.90. The minimum atomic E-state index is 0.742. The minimum absolute atomic E-state index is 0.742. The highest BCUT2D eigenvalue weighted by atomic mass is 15.2. The number of hydrogen-bond acceptors (Lipinski definition) is 2. The molecule has 2 heterocycles. The van der Waals surface area contributed by atoms with Gasteiger partial charge in [0.15, 0.2) is 0 Å². The van der Waals surface area contributed by atoms with Crippen LogP contribution in [0.2, 0.25) is 0 Å². The van der Waals surface area contributed by atoms with Crippen LogP contribution >= 0.6 is 0 Å². The van der Waals surface area contributed by atoms with Crippen molar-refractivity contribution in [3.63, 3.8) is 0 Å². The van der Waals surface area contributed by atoms with Crippen molar-refractivity contribution in [1.82, 2.24) is 4.90 Å². The van der Waals surface area contributed by atoms with E-state index in [0.717, 1.165) is 24.4 Å². The van der Waals surface area contributed by atoms with Crippen LogP contribution in [0.1, 0.15) is 50.0 Å². The first-order chi connectivity index (χ1) is 9.92. The van der Waals surface area contributed by atoms with Crippen LogP contribution in [0.4, 0.5) is 5.69 Å². The van der Waals surface area contributed by atoms with E-state index >= 15 is 0 Å². The number of rotatable bonds is 2. The average Bonchev–Trinajstić information content (AvgIpc) is 2.97. The van der Waals surface area contributed by atoms with E-state index in [4.69, 9.17) is 0 Å². The average molecular weight is 270 g/mol. The summed E-state index contributed by atoms with van der Waals surface area (Å²) in [4.78, 5) is 2.84. The van der Waals surface area contributed by atoms with Crippen molar-refractivity contribution in [2.24, 2.45) is 5.92 Å². The Morgan fingerprint density at radius 3 is 2.95 bits per heavy atom. The van der Waals surface area contributed by atoms with Gasteiger partial charge in [0.25, 0.3) is 0 Å². The van der Waals surface area contributed by atoms with E-state index < -0.39 is 0 Å². The zero-order valence-electron chi connectivity index (χ0n) is 12.4. The Morgan fingerprint density at radius 2 is 1.95 bits per heavy atom. The van der Waals surface area contributed by atoms with Crippen molar-refractivity contribution in [2.75, 3.05) is 25.0 Å². The Morgan fingerprint density at radius 1 is 1.05 bits per heavy atom. The summed E-state index contributed by atoms with van der Waals surface area (Å²) in [6.07, 6.45) is 8.62. The molecule has 0 bridgehead atoms. The molecule has 2 nitrogen and oxygen atoms in total. The van der Waals surface area contributed by atoms with E-state index in [-0.39, 0.29) is 0 Å². The molecule has 1 saturated carbocycles. The Hall–Kier alpha value is -1.02. The molecule has 1 saturated heterocycles. The highest BCUT2D eigenvalue weighted by Crippen LogP contribution is 2.39. The molecule has 20 heavy (non-hydrogen) atoms. The van der Waals surface area contributed by atoms with Gasteiger partial charge in [0.2, 0.25) is 0 Å². The Labute approximate surface area is 122 Å². The SMILES string of the molecule is c1ccc2c(c1)NCCC2CN1CCCC2CCCC21. The summed E-state index contributed by atoms with van der Waals surface area (Å²) in [7, 11) is 0. The maximum absolute atomic E-state index is 3.56. The summed E-state index contributed by atoms with van der Waals surface area (Å²) in [6, 6.07) is 9.85. The molecular formula is C18H26N2. The second kappa shape index (κ2) is 5.40. The number of anilines is 1. The number of fused-ring (bicyclic) bond motifs is 2. The number of piperidine rings is 1. The van der Waals surface area contributed by atoms with Crippen molar-refractivity contribution < 1.29 is 0 Å². The summed E-state index contributed by atoms with van der Waals surface area (Å²) in [5.41, 5.74) is 2.93. The van der Waals surface area contributed by atoms with Crippen molar-refractivity contribution in [2.45, 2.75) is 50.5 Å². The van der Waals surface area contributed by atoms with E-state index in [9.17, 15) is 0 Å². The summed E-state index contributed by atoms with van der Waals surface area (Å²) < 4.78 is 0. The van der Waals surface area contributed by atoms with E-state index in [2.05, 4.69) is 34.5 Å². The molecular weight excluding hydrogens is 244 g/mol. The van der Waals surface area contributed by atoms with Gasteiger partial charge >= 0.3 is 0 Å². The van der Waals surface area contributed by atoms with Gasteiger partial charge < -0.3 is 5.32 Å². The maximum atomic E-state index is 3.56. The van der Waals surface area contributed by atoms with Gasteiger partial charge in [0.1, 0.15) is 0 Å². The topological polar surface area (TPSA) is 15.3 Å². The first-order valence-corrected chi connectivity index (χ1v) is 8.48. The predicted molar refractivity (Wildman–Crippen MR) is 84.2 cm³/mol. The third-order valence-electron chi connectivity index (χ3n) is 5.77. The largest absolute Gasteiger partial charge is 0.385 e. The van der Waals surface area contributed by atoms with Crippen LogP contribution in [-0.2, 0) is 0 Å². The minimum Gasteiger partial charge on any atom is -0.385 e. The van der Waals surface area contributed by atoms with E-state index in [1.807, 2.05) is 0 Å². The van der Waals surface area contributed by atoms with Crippen LogP contribution in [0.3, 0.4) is 0 Å². The first kappa shape index (κ1) is 12.7.